The number of hydrogen-bond acceptors (Lipinski definition) is 4. The molecule has 0 unspecified atom stereocenters. The average molecular weight is 246 g/mol. The Bertz CT molecular complexity index is 420. The van der Waals surface area contributed by atoms with Crippen molar-refractivity contribution < 1.29 is 0 Å². The number of anilines is 1. The smallest absolute Gasteiger partial charge is 0.132 e. The topological polar surface area (TPSA) is 52.8 Å². The summed E-state index contributed by atoms with van der Waals surface area (Å²) in [6, 6.07) is 4.23. The molecule has 18 heavy (non-hydrogen) atoms. The van der Waals surface area contributed by atoms with Crippen molar-refractivity contribution in [3.8, 4) is 6.07 Å². The molecule has 0 fully saturated rings. The molecule has 0 N–H and O–H groups in total. The van der Waals surface area contributed by atoms with Crippen LogP contribution in [0.3, 0.4) is 0 Å². The van der Waals surface area contributed by atoms with Gasteiger partial charge in [0.2, 0.25) is 0 Å². The zero-order valence-corrected chi connectivity index (χ0v) is 11.8. The summed E-state index contributed by atoms with van der Waals surface area (Å²) in [5.41, 5.74) is 1.06. The van der Waals surface area contributed by atoms with Crippen molar-refractivity contribution in [2.75, 3.05) is 18.0 Å². The van der Waals surface area contributed by atoms with Crippen molar-refractivity contribution in [3.63, 3.8) is 0 Å². The van der Waals surface area contributed by atoms with Crippen LogP contribution in [0.25, 0.3) is 0 Å². The number of aryl methyl sites for hydroxylation is 2. The minimum atomic E-state index is 0.525. The van der Waals surface area contributed by atoms with Gasteiger partial charge >= 0.3 is 0 Å². The summed E-state index contributed by atoms with van der Waals surface area (Å²) in [4.78, 5) is 11.1. The van der Waals surface area contributed by atoms with E-state index in [1.807, 2.05) is 13.0 Å². The Hall–Kier alpha value is -1.63. The molecule has 1 heterocycles. The fraction of sp³-hybridized carbons (Fsp3) is 0.643. The van der Waals surface area contributed by atoms with Crippen molar-refractivity contribution in [3.05, 3.63) is 17.6 Å². The van der Waals surface area contributed by atoms with E-state index < -0.39 is 0 Å². The summed E-state index contributed by atoms with van der Waals surface area (Å²) < 4.78 is 0. The molecule has 0 amide bonds. The lowest BCUT2D eigenvalue weighted by Crippen LogP contribution is -2.29. The molecule has 0 spiro atoms. The Morgan fingerprint density at radius 3 is 2.67 bits per heavy atom. The van der Waals surface area contributed by atoms with Crippen LogP contribution in [-0.4, -0.2) is 23.1 Å². The molecule has 0 atom stereocenters. The monoisotopic (exact) mass is 246 g/mol. The number of rotatable bonds is 6. The molecule has 1 rings (SSSR count). The summed E-state index contributed by atoms with van der Waals surface area (Å²) in [7, 11) is 0. The molecule has 0 saturated carbocycles. The maximum absolute atomic E-state index is 8.74. The summed E-state index contributed by atoms with van der Waals surface area (Å²) in [6.07, 6.45) is 1.43. The lowest BCUT2D eigenvalue weighted by molar-refractivity contribution is 0.606. The van der Waals surface area contributed by atoms with E-state index in [0.717, 1.165) is 36.8 Å². The molecule has 98 valence electrons. The number of nitriles is 1. The number of nitrogens with zero attached hydrogens (tertiary/aromatic N) is 4. The van der Waals surface area contributed by atoms with Gasteiger partial charge in [0.25, 0.3) is 0 Å². The SMILES string of the molecule is CCc1cc(N(CCC#N)CC(C)C)nc(C)n1. The lowest BCUT2D eigenvalue weighted by Gasteiger charge is -2.25. The van der Waals surface area contributed by atoms with Gasteiger partial charge in [-0.1, -0.05) is 20.8 Å². The number of aromatic nitrogens is 2. The minimum Gasteiger partial charge on any atom is -0.355 e. The van der Waals surface area contributed by atoms with Crippen molar-refractivity contribution >= 4 is 5.82 Å². The van der Waals surface area contributed by atoms with Crippen molar-refractivity contribution in [2.45, 2.75) is 40.5 Å². The van der Waals surface area contributed by atoms with E-state index in [2.05, 4.69) is 41.7 Å². The maximum atomic E-state index is 8.74. The highest BCUT2D eigenvalue weighted by molar-refractivity contribution is 5.40. The summed E-state index contributed by atoms with van der Waals surface area (Å²) >= 11 is 0. The first-order valence-electron chi connectivity index (χ1n) is 6.53. The quantitative estimate of drug-likeness (QED) is 0.774. The largest absolute Gasteiger partial charge is 0.355 e. The van der Waals surface area contributed by atoms with Crippen LogP contribution in [0.1, 0.15) is 38.7 Å². The van der Waals surface area contributed by atoms with Gasteiger partial charge in [-0.25, -0.2) is 9.97 Å². The molecule has 0 bridgehead atoms. The van der Waals surface area contributed by atoms with Gasteiger partial charge in [-0.05, 0) is 19.3 Å². The summed E-state index contributed by atoms with van der Waals surface area (Å²) in [5.74, 6) is 2.29. The van der Waals surface area contributed by atoms with E-state index in [-0.39, 0.29) is 0 Å². The molecule has 1 aromatic heterocycles. The van der Waals surface area contributed by atoms with Crippen LogP contribution in [0, 0.1) is 24.2 Å². The molecule has 0 aliphatic rings. The fourth-order valence-electron chi connectivity index (χ4n) is 1.88. The molecule has 4 nitrogen and oxygen atoms in total. The van der Waals surface area contributed by atoms with Crippen LogP contribution >= 0.6 is 0 Å². The van der Waals surface area contributed by atoms with E-state index in [1.165, 1.54) is 0 Å². The zero-order valence-electron chi connectivity index (χ0n) is 11.8. The zero-order chi connectivity index (χ0) is 13.5. The highest BCUT2D eigenvalue weighted by Crippen LogP contribution is 2.15. The summed E-state index contributed by atoms with van der Waals surface area (Å²) in [6.45, 7) is 10.0. The van der Waals surface area contributed by atoms with E-state index in [4.69, 9.17) is 5.26 Å². The Morgan fingerprint density at radius 1 is 1.39 bits per heavy atom. The lowest BCUT2D eigenvalue weighted by atomic mass is 10.2. The van der Waals surface area contributed by atoms with Crippen molar-refractivity contribution in [1.82, 2.24) is 9.97 Å². The molecule has 4 heteroatoms. The molecule has 0 radical (unpaired) electrons. The third kappa shape index (κ3) is 4.33. The van der Waals surface area contributed by atoms with Gasteiger partial charge in [-0.15, -0.1) is 0 Å². The normalized spacial score (nSPS) is 10.4. The molecular formula is C14H22N4. The van der Waals surface area contributed by atoms with Crippen LogP contribution in [-0.2, 0) is 6.42 Å². The maximum Gasteiger partial charge on any atom is 0.132 e. The molecule has 0 aliphatic heterocycles. The van der Waals surface area contributed by atoms with Crippen LogP contribution in [0.15, 0.2) is 6.07 Å². The average Bonchev–Trinajstić information content (AvgIpc) is 2.33. The van der Waals surface area contributed by atoms with E-state index in [0.29, 0.717) is 12.3 Å². The molecule has 1 aromatic rings. The molecule has 0 aromatic carbocycles. The highest BCUT2D eigenvalue weighted by atomic mass is 15.2. The van der Waals surface area contributed by atoms with Gasteiger partial charge in [0.15, 0.2) is 0 Å². The van der Waals surface area contributed by atoms with Gasteiger partial charge in [-0.2, -0.15) is 5.26 Å². The minimum absolute atomic E-state index is 0.525. The van der Waals surface area contributed by atoms with Crippen LogP contribution < -0.4 is 4.90 Å². The predicted octanol–water partition coefficient (Wildman–Crippen LogP) is 2.72. The first kappa shape index (κ1) is 14.4. The predicted molar refractivity (Wildman–Crippen MR) is 73.4 cm³/mol. The second-order valence-electron chi connectivity index (χ2n) is 4.87. The van der Waals surface area contributed by atoms with Gasteiger partial charge in [0, 0.05) is 24.8 Å². The Balaban J connectivity index is 2.96. The van der Waals surface area contributed by atoms with Gasteiger partial charge < -0.3 is 4.90 Å². The van der Waals surface area contributed by atoms with Crippen LogP contribution in [0.2, 0.25) is 0 Å². The first-order valence-corrected chi connectivity index (χ1v) is 6.53. The standard InChI is InChI=1S/C14H22N4/c1-5-13-9-14(17-12(4)16-13)18(8-6-7-15)10-11(2)3/h9,11H,5-6,8,10H2,1-4H3. The first-order chi connectivity index (χ1) is 8.56. The Kier molecular flexibility index (Phi) is 5.57. The van der Waals surface area contributed by atoms with Crippen molar-refractivity contribution in [2.24, 2.45) is 5.92 Å². The van der Waals surface area contributed by atoms with Crippen LogP contribution in [0.5, 0.6) is 0 Å². The highest BCUT2D eigenvalue weighted by Gasteiger charge is 2.11. The molecule has 0 saturated heterocycles. The fourth-order valence-corrected chi connectivity index (χ4v) is 1.88. The van der Waals surface area contributed by atoms with E-state index in [1.54, 1.807) is 0 Å². The number of hydrogen-bond donors (Lipinski definition) is 0. The third-order valence-electron chi connectivity index (χ3n) is 2.64. The summed E-state index contributed by atoms with van der Waals surface area (Å²) in [5, 5.41) is 8.74. The van der Waals surface area contributed by atoms with E-state index >= 15 is 0 Å². The molecular weight excluding hydrogens is 224 g/mol. The van der Waals surface area contributed by atoms with Crippen LogP contribution in [0.4, 0.5) is 5.82 Å². The van der Waals surface area contributed by atoms with Gasteiger partial charge in [-0.3, -0.25) is 0 Å². The molecule has 0 aliphatic carbocycles. The second kappa shape index (κ2) is 6.95. The van der Waals surface area contributed by atoms with Crippen molar-refractivity contribution in [1.29, 1.82) is 5.26 Å². The Morgan fingerprint density at radius 2 is 2.11 bits per heavy atom. The van der Waals surface area contributed by atoms with Gasteiger partial charge in [0.05, 0.1) is 12.5 Å². The van der Waals surface area contributed by atoms with E-state index in [9.17, 15) is 0 Å². The second-order valence-corrected chi connectivity index (χ2v) is 4.87. The Labute approximate surface area is 110 Å². The van der Waals surface area contributed by atoms with Gasteiger partial charge in [0.1, 0.15) is 11.6 Å². The third-order valence-corrected chi connectivity index (χ3v) is 2.64.